The summed E-state index contributed by atoms with van der Waals surface area (Å²) in [6.45, 7) is 6.03. The van der Waals surface area contributed by atoms with E-state index in [1.807, 2.05) is 20.1 Å². The van der Waals surface area contributed by atoms with E-state index in [1.165, 1.54) is 7.11 Å². The molecule has 0 aliphatic rings. The zero-order valence-corrected chi connectivity index (χ0v) is 20.7. The molecule has 0 bridgehead atoms. The number of rotatable bonds is 16. The molecule has 0 radical (unpaired) electrons. The molecular formula is C22H38N4O5S. The van der Waals surface area contributed by atoms with Crippen LogP contribution in [-0.2, 0) is 30.3 Å². The minimum Gasteiger partial charge on any atom is -0.467 e. The summed E-state index contributed by atoms with van der Waals surface area (Å²) in [6, 6.07) is -0.827. The number of aromatic amines is 1. The Hall–Kier alpha value is -2.07. The number of amides is 2. The second-order valence-corrected chi connectivity index (χ2v) is 9.32. The minimum absolute atomic E-state index is 0.0857. The maximum atomic E-state index is 12.5. The maximum absolute atomic E-state index is 12.5. The normalized spacial score (nSPS) is 13.3. The first-order valence-corrected chi connectivity index (χ1v) is 12.4. The molecule has 0 saturated carbocycles. The highest BCUT2D eigenvalue weighted by Crippen LogP contribution is 2.17. The first kappa shape index (κ1) is 28.0. The number of imidazole rings is 1. The Balaban J connectivity index is 2.59. The number of hydrogen-bond acceptors (Lipinski definition) is 7. The fourth-order valence-electron chi connectivity index (χ4n) is 3.12. The van der Waals surface area contributed by atoms with Crippen LogP contribution < -0.4 is 10.6 Å². The van der Waals surface area contributed by atoms with Gasteiger partial charge in [-0.05, 0) is 38.7 Å². The molecule has 1 rings (SSSR count). The molecule has 1 aromatic heterocycles. The van der Waals surface area contributed by atoms with E-state index in [0.717, 1.165) is 30.7 Å². The number of unbranched alkanes of at least 4 members (excludes halogenated alkanes) is 1. The SMILES string of the molecule is CCCC[C@@H](COC(C)(C)CC(=O)N[C@@H](CCSC)C(=O)OC)NC(=O)Cc1cnc[nH]1. The van der Waals surface area contributed by atoms with Crippen molar-refractivity contribution in [2.45, 2.75) is 77.0 Å². The quantitative estimate of drug-likeness (QED) is 0.317. The highest BCUT2D eigenvalue weighted by molar-refractivity contribution is 7.98. The number of esters is 1. The predicted molar refractivity (Wildman–Crippen MR) is 125 cm³/mol. The van der Waals surface area contributed by atoms with Gasteiger partial charge in [0.2, 0.25) is 11.8 Å². The summed E-state index contributed by atoms with van der Waals surface area (Å²) in [6.07, 6.45) is 8.66. The molecule has 1 aromatic rings. The lowest BCUT2D eigenvalue weighted by atomic mass is 10.0. The molecule has 1 heterocycles. The van der Waals surface area contributed by atoms with Crippen molar-refractivity contribution in [1.29, 1.82) is 0 Å². The van der Waals surface area contributed by atoms with Crippen molar-refractivity contribution in [3.8, 4) is 0 Å². The van der Waals surface area contributed by atoms with Gasteiger partial charge in [-0.2, -0.15) is 11.8 Å². The number of aromatic nitrogens is 2. The molecule has 9 nitrogen and oxygen atoms in total. The summed E-state index contributed by atoms with van der Waals surface area (Å²) in [7, 11) is 1.31. The number of thioether (sulfide) groups is 1. The molecule has 0 aliphatic carbocycles. The molecule has 0 fully saturated rings. The lowest BCUT2D eigenvalue weighted by Crippen LogP contribution is -2.46. The largest absolute Gasteiger partial charge is 0.467 e. The molecule has 0 aromatic carbocycles. The van der Waals surface area contributed by atoms with Crippen molar-refractivity contribution in [3.05, 3.63) is 18.2 Å². The van der Waals surface area contributed by atoms with Crippen molar-refractivity contribution >= 4 is 29.5 Å². The van der Waals surface area contributed by atoms with E-state index in [0.29, 0.717) is 13.0 Å². The molecule has 0 unspecified atom stereocenters. The van der Waals surface area contributed by atoms with Gasteiger partial charge in [0, 0.05) is 11.9 Å². The van der Waals surface area contributed by atoms with Crippen LogP contribution in [0.15, 0.2) is 12.5 Å². The zero-order valence-electron chi connectivity index (χ0n) is 19.9. The molecule has 0 spiro atoms. The Kier molecular flexibility index (Phi) is 13.0. The fourth-order valence-corrected chi connectivity index (χ4v) is 3.59. The monoisotopic (exact) mass is 470 g/mol. The molecule has 3 N–H and O–H groups in total. The highest BCUT2D eigenvalue weighted by Gasteiger charge is 2.28. The molecule has 182 valence electrons. The second-order valence-electron chi connectivity index (χ2n) is 8.33. The number of H-pyrrole nitrogens is 1. The summed E-state index contributed by atoms with van der Waals surface area (Å²) in [5.74, 6) is -0.105. The van der Waals surface area contributed by atoms with Crippen LogP contribution in [0.5, 0.6) is 0 Å². The minimum atomic E-state index is -0.761. The van der Waals surface area contributed by atoms with Crippen molar-refractivity contribution < 1.29 is 23.9 Å². The van der Waals surface area contributed by atoms with E-state index in [9.17, 15) is 14.4 Å². The van der Waals surface area contributed by atoms with E-state index in [4.69, 9.17) is 9.47 Å². The molecular weight excluding hydrogens is 432 g/mol. The van der Waals surface area contributed by atoms with Gasteiger partial charge in [0.15, 0.2) is 0 Å². The standard InChI is InChI=1S/C22H38N4O5S/c1-6-7-8-16(25-19(27)11-17-13-23-15-24-17)14-31-22(2,3)12-20(28)26-18(9-10-32-5)21(29)30-4/h13,15-16,18H,6-12,14H2,1-5H3,(H,23,24)(H,25,27)(H,26,28)/t16-,18-/m0/s1. The highest BCUT2D eigenvalue weighted by atomic mass is 32.2. The summed E-state index contributed by atoms with van der Waals surface area (Å²) in [5, 5.41) is 5.77. The van der Waals surface area contributed by atoms with Crippen LogP contribution in [0.1, 0.15) is 58.6 Å². The topological polar surface area (TPSA) is 122 Å². The number of hydrogen-bond donors (Lipinski definition) is 3. The first-order valence-electron chi connectivity index (χ1n) is 11.0. The van der Waals surface area contributed by atoms with Crippen LogP contribution in [0.4, 0.5) is 0 Å². The van der Waals surface area contributed by atoms with Crippen molar-refractivity contribution in [3.63, 3.8) is 0 Å². The van der Waals surface area contributed by atoms with E-state index in [-0.39, 0.29) is 30.7 Å². The second kappa shape index (κ2) is 14.9. The van der Waals surface area contributed by atoms with Gasteiger partial charge in [-0.15, -0.1) is 0 Å². The Morgan fingerprint density at radius 2 is 1.97 bits per heavy atom. The summed E-state index contributed by atoms with van der Waals surface area (Å²) < 4.78 is 10.8. The van der Waals surface area contributed by atoms with Gasteiger partial charge in [-0.3, -0.25) is 9.59 Å². The van der Waals surface area contributed by atoms with Crippen LogP contribution in [0.2, 0.25) is 0 Å². The smallest absolute Gasteiger partial charge is 0.328 e. The van der Waals surface area contributed by atoms with E-state index < -0.39 is 17.6 Å². The number of nitrogens with zero attached hydrogens (tertiary/aromatic N) is 1. The molecule has 10 heteroatoms. The van der Waals surface area contributed by atoms with Gasteiger partial charge >= 0.3 is 5.97 Å². The third-order valence-corrected chi connectivity index (χ3v) is 5.51. The Bertz CT molecular complexity index is 697. The third kappa shape index (κ3) is 11.5. The summed E-state index contributed by atoms with van der Waals surface area (Å²) >= 11 is 1.60. The number of ether oxygens (including phenoxy) is 2. The van der Waals surface area contributed by atoms with Crippen LogP contribution >= 0.6 is 11.8 Å². The van der Waals surface area contributed by atoms with Crippen LogP contribution in [0.3, 0.4) is 0 Å². The van der Waals surface area contributed by atoms with Crippen LogP contribution in [0.25, 0.3) is 0 Å². The van der Waals surface area contributed by atoms with Crippen LogP contribution in [0, 0.1) is 0 Å². The maximum Gasteiger partial charge on any atom is 0.328 e. The molecule has 0 saturated heterocycles. The average molecular weight is 471 g/mol. The molecule has 2 amide bonds. The molecule has 0 aliphatic heterocycles. The summed E-state index contributed by atoms with van der Waals surface area (Å²) in [5.41, 5.74) is -0.0145. The lowest BCUT2D eigenvalue weighted by molar-refractivity contribution is -0.146. The van der Waals surface area contributed by atoms with E-state index in [2.05, 4.69) is 27.5 Å². The van der Waals surface area contributed by atoms with E-state index >= 15 is 0 Å². The van der Waals surface area contributed by atoms with Crippen molar-refractivity contribution in [1.82, 2.24) is 20.6 Å². The lowest BCUT2D eigenvalue weighted by Gasteiger charge is -2.29. The van der Waals surface area contributed by atoms with Crippen LogP contribution in [-0.4, -0.2) is 71.2 Å². The number of nitrogens with one attached hydrogen (secondary N) is 3. The number of methoxy groups -OCH3 is 1. The van der Waals surface area contributed by atoms with Crippen molar-refractivity contribution in [2.75, 3.05) is 25.7 Å². The fraction of sp³-hybridized carbons (Fsp3) is 0.727. The summed E-state index contributed by atoms with van der Waals surface area (Å²) in [4.78, 5) is 43.7. The molecule has 32 heavy (non-hydrogen) atoms. The Morgan fingerprint density at radius 3 is 2.56 bits per heavy atom. The zero-order chi connectivity index (χ0) is 24.0. The first-order chi connectivity index (χ1) is 15.2. The molecule has 2 atom stereocenters. The Morgan fingerprint density at radius 1 is 1.22 bits per heavy atom. The van der Waals surface area contributed by atoms with Gasteiger partial charge in [0.25, 0.3) is 0 Å². The number of carbonyl (C=O) groups excluding carboxylic acids is 3. The van der Waals surface area contributed by atoms with Gasteiger partial charge < -0.3 is 25.1 Å². The van der Waals surface area contributed by atoms with Gasteiger partial charge in [0.1, 0.15) is 6.04 Å². The third-order valence-electron chi connectivity index (χ3n) is 4.87. The van der Waals surface area contributed by atoms with Gasteiger partial charge in [-0.1, -0.05) is 19.8 Å². The average Bonchev–Trinajstić information content (AvgIpc) is 3.24. The van der Waals surface area contributed by atoms with Gasteiger partial charge in [0.05, 0.1) is 44.5 Å². The Labute approximate surface area is 195 Å². The van der Waals surface area contributed by atoms with E-state index in [1.54, 1.807) is 24.3 Å². The van der Waals surface area contributed by atoms with Crippen molar-refractivity contribution in [2.24, 2.45) is 0 Å². The van der Waals surface area contributed by atoms with Gasteiger partial charge in [-0.25, -0.2) is 9.78 Å². The number of carbonyl (C=O) groups is 3. The predicted octanol–water partition coefficient (Wildman–Crippen LogP) is 2.22.